The van der Waals surface area contributed by atoms with E-state index < -0.39 is 24.3 Å². The first-order valence-electron chi connectivity index (χ1n) is 13.0. The number of esters is 1. The minimum Gasteiger partial charge on any atom is -0.457 e. The fraction of sp³-hybridized carbons (Fsp3) is 0.357. The molecule has 11 nitrogen and oxygen atoms in total. The van der Waals surface area contributed by atoms with E-state index in [0.29, 0.717) is 30.2 Å². The van der Waals surface area contributed by atoms with Crippen LogP contribution in [0.5, 0.6) is 0 Å². The third kappa shape index (κ3) is 5.52. The van der Waals surface area contributed by atoms with Crippen molar-refractivity contribution in [2.24, 2.45) is 0 Å². The second-order valence-electron chi connectivity index (χ2n) is 9.32. The lowest BCUT2D eigenvalue weighted by Crippen LogP contribution is -2.27. The quantitative estimate of drug-likeness (QED) is 0.297. The van der Waals surface area contributed by atoms with Crippen molar-refractivity contribution in [2.45, 2.75) is 58.8 Å². The van der Waals surface area contributed by atoms with E-state index in [-0.39, 0.29) is 6.61 Å². The average molecular weight is 531 g/mol. The number of nitrogens with one attached hydrogen (secondary N) is 1. The van der Waals surface area contributed by atoms with E-state index in [1.165, 1.54) is 0 Å². The van der Waals surface area contributed by atoms with Crippen molar-refractivity contribution in [3.05, 3.63) is 71.3 Å². The molecule has 0 saturated carbocycles. The smallest absolute Gasteiger partial charge is 0.457 e. The number of nitrogens with zero attached hydrogens (tertiary/aromatic N) is 5. The molecule has 0 aliphatic carbocycles. The second kappa shape index (κ2) is 11.5. The molecule has 2 unspecified atom stereocenters. The number of imidazole rings is 1. The van der Waals surface area contributed by atoms with Gasteiger partial charge in [-0.2, -0.15) is 5.21 Å². The van der Waals surface area contributed by atoms with Gasteiger partial charge in [-0.05, 0) is 41.7 Å². The van der Waals surface area contributed by atoms with Crippen LogP contribution < -0.4 is 0 Å². The third-order valence-electron chi connectivity index (χ3n) is 6.67. The monoisotopic (exact) mass is 530 g/mol. The Hall–Kier alpha value is -4.54. The van der Waals surface area contributed by atoms with Gasteiger partial charge >= 0.3 is 12.1 Å². The van der Waals surface area contributed by atoms with Crippen LogP contribution in [0.3, 0.4) is 0 Å². The van der Waals surface area contributed by atoms with E-state index in [4.69, 9.17) is 19.2 Å². The molecule has 0 radical (unpaired) electrons. The fourth-order valence-corrected chi connectivity index (χ4v) is 4.66. The molecule has 11 heteroatoms. The summed E-state index contributed by atoms with van der Waals surface area (Å²) < 4.78 is 17.6. The number of rotatable bonds is 10. The summed E-state index contributed by atoms with van der Waals surface area (Å²) in [6.07, 6.45) is 0.310. The highest BCUT2D eigenvalue weighted by Gasteiger charge is 2.35. The average Bonchev–Trinajstić information content (AvgIpc) is 3.67. The number of carbonyl (C=O) groups is 2. The summed E-state index contributed by atoms with van der Waals surface area (Å²) in [5.41, 5.74) is 4.99. The number of H-pyrrole nitrogens is 1. The van der Waals surface area contributed by atoms with E-state index in [1.807, 2.05) is 60.0 Å². The predicted molar refractivity (Wildman–Crippen MR) is 141 cm³/mol. The largest absolute Gasteiger partial charge is 0.509 e. The van der Waals surface area contributed by atoms with Gasteiger partial charge in [-0.3, -0.25) is 0 Å². The third-order valence-corrected chi connectivity index (χ3v) is 6.67. The molecule has 1 saturated heterocycles. The molecule has 2 atom stereocenters. The number of carbonyl (C=O) groups excluding carboxylic acids is 2. The molecule has 1 aliphatic heterocycles. The van der Waals surface area contributed by atoms with Crippen molar-refractivity contribution < 1.29 is 23.8 Å². The number of ether oxygens (including phenoxy) is 3. The van der Waals surface area contributed by atoms with Gasteiger partial charge in [-0.15, -0.1) is 10.2 Å². The summed E-state index contributed by atoms with van der Waals surface area (Å²) in [4.78, 5) is 29.5. The van der Waals surface area contributed by atoms with Crippen molar-refractivity contribution in [3.8, 4) is 22.5 Å². The molecular weight excluding hydrogens is 500 g/mol. The molecule has 202 valence electrons. The van der Waals surface area contributed by atoms with Gasteiger partial charge in [0, 0.05) is 18.5 Å². The molecule has 1 aliphatic rings. The maximum atomic E-state index is 13.3. The van der Waals surface area contributed by atoms with Gasteiger partial charge in [-0.1, -0.05) is 62.4 Å². The Morgan fingerprint density at radius 1 is 1.08 bits per heavy atom. The SMILES string of the molecule is CCCc1nc(CC)c(C(=O)OCC2OC(=O)OC2C)n1Cc1ccc(-c2ccccc2-c2nn[nH]n2)cc1. The van der Waals surface area contributed by atoms with E-state index in [0.717, 1.165) is 40.9 Å². The van der Waals surface area contributed by atoms with E-state index in [2.05, 4.69) is 27.5 Å². The number of hydrogen-bond acceptors (Lipinski definition) is 9. The van der Waals surface area contributed by atoms with Gasteiger partial charge in [0.2, 0.25) is 5.82 Å². The highest BCUT2D eigenvalue weighted by molar-refractivity contribution is 5.89. The van der Waals surface area contributed by atoms with Crippen LogP contribution in [0.25, 0.3) is 22.5 Å². The molecule has 0 bridgehead atoms. The molecule has 1 fully saturated rings. The molecule has 1 N–H and O–H groups in total. The Kier molecular flexibility index (Phi) is 7.67. The number of benzene rings is 2. The summed E-state index contributed by atoms with van der Waals surface area (Å²) in [7, 11) is 0. The van der Waals surface area contributed by atoms with Crippen molar-refractivity contribution in [1.29, 1.82) is 0 Å². The first-order valence-corrected chi connectivity index (χ1v) is 13.0. The summed E-state index contributed by atoms with van der Waals surface area (Å²) in [6.45, 7) is 6.11. The zero-order chi connectivity index (χ0) is 27.4. The van der Waals surface area contributed by atoms with Crippen molar-refractivity contribution >= 4 is 12.1 Å². The molecule has 0 amide bonds. The summed E-state index contributed by atoms with van der Waals surface area (Å²) in [6, 6.07) is 16.0. The summed E-state index contributed by atoms with van der Waals surface area (Å²) >= 11 is 0. The van der Waals surface area contributed by atoms with Crippen LogP contribution in [0.1, 0.15) is 54.8 Å². The van der Waals surface area contributed by atoms with Gasteiger partial charge in [0.05, 0.1) is 5.69 Å². The molecule has 0 spiro atoms. The first kappa shape index (κ1) is 26.1. The normalized spacial score (nSPS) is 16.6. The van der Waals surface area contributed by atoms with Crippen molar-refractivity contribution in [3.63, 3.8) is 0 Å². The fourth-order valence-electron chi connectivity index (χ4n) is 4.66. The number of aromatic nitrogens is 6. The minimum absolute atomic E-state index is 0.0856. The Bertz CT molecular complexity index is 1450. The standard InChI is InChI=1S/C28H30N6O5/c1-4-8-24-29-22(5-2)25(27(35)37-16-23-17(3)38-28(36)39-23)34(24)15-18-11-13-19(14-12-18)20-9-6-7-10-21(20)26-30-32-33-31-26/h6-7,9-14,17,23H,4-5,8,15-16H2,1-3H3,(H,30,31,32,33). The van der Waals surface area contributed by atoms with Crippen molar-refractivity contribution in [1.82, 2.24) is 30.2 Å². The lowest BCUT2D eigenvalue weighted by Gasteiger charge is -2.15. The number of hydrogen-bond donors (Lipinski definition) is 1. The number of aryl methyl sites for hydroxylation is 2. The highest BCUT2D eigenvalue weighted by Crippen LogP contribution is 2.30. The van der Waals surface area contributed by atoms with Crippen LogP contribution in [-0.2, 0) is 33.6 Å². The second-order valence-corrected chi connectivity index (χ2v) is 9.32. The topological polar surface area (TPSA) is 134 Å². The lowest BCUT2D eigenvalue weighted by atomic mass is 9.98. The molecule has 39 heavy (non-hydrogen) atoms. The van der Waals surface area contributed by atoms with Crippen molar-refractivity contribution in [2.75, 3.05) is 6.61 Å². The Morgan fingerprint density at radius 2 is 1.85 bits per heavy atom. The highest BCUT2D eigenvalue weighted by atomic mass is 16.8. The van der Waals surface area contributed by atoms with E-state index >= 15 is 0 Å². The van der Waals surface area contributed by atoms with Gasteiger partial charge in [-0.25, -0.2) is 14.6 Å². The molecule has 2 aromatic heterocycles. The van der Waals surface area contributed by atoms with Crippen LogP contribution in [0.15, 0.2) is 48.5 Å². The van der Waals surface area contributed by atoms with Crippen LogP contribution in [0.2, 0.25) is 0 Å². The summed E-state index contributed by atoms with van der Waals surface area (Å²) in [5.74, 6) is 0.861. The Morgan fingerprint density at radius 3 is 2.49 bits per heavy atom. The Balaban J connectivity index is 1.40. The first-order chi connectivity index (χ1) is 19.0. The molecule has 4 aromatic rings. The molecule has 3 heterocycles. The maximum absolute atomic E-state index is 13.3. The zero-order valence-corrected chi connectivity index (χ0v) is 22.1. The van der Waals surface area contributed by atoms with Crippen LogP contribution in [-0.4, -0.2) is 61.1 Å². The number of cyclic esters (lactones) is 2. The van der Waals surface area contributed by atoms with E-state index in [9.17, 15) is 9.59 Å². The van der Waals surface area contributed by atoms with Crippen LogP contribution in [0, 0.1) is 0 Å². The molecular formula is C28H30N6O5. The molecule has 2 aromatic carbocycles. The van der Waals surface area contributed by atoms with Gasteiger partial charge in [0.15, 0.2) is 11.8 Å². The summed E-state index contributed by atoms with van der Waals surface area (Å²) in [5, 5.41) is 14.4. The Labute approximate surface area is 225 Å². The van der Waals surface area contributed by atoms with Crippen LogP contribution in [0.4, 0.5) is 4.79 Å². The zero-order valence-electron chi connectivity index (χ0n) is 22.1. The predicted octanol–water partition coefficient (Wildman–Crippen LogP) is 4.37. The van der Waals surface area contributed by atoms with Gasteiger partial charge < -0.3 is 18.8 Å². The maximum Gasteiger partial charge on any atom is 0.509 e. The van der Waals surface area contributed by atoms with E-state index in [1.54, 1.807) is 6.92 Å². The molecule has 5 rings (SSSR count). The van der Waals surface area contributed by atoms with Gasteiger partial charge in [0.25, 0.3) is 0 Å². The number of tetrazole rings is 1. The number of aromatic amines is 1. The van der Waals surface area contributed by atoms with Gasteiger partial charge in [0.1, 0.15) is 18.5 Å². The van der Waals surface area contributed by atoms with Crippen LogP contribution >= 0.6 is 0 Å². The lowest BCUT2D eigenvalue weighted by molar-refractivity contribution is 0.0237. The minimum atomic E-state index is -0.753.